The van der Waals surface area contributed by atoms with E-state index in [0.29, 0.717) is 43.6 Å². The third-order valence-electron chi connectivity index (χ3n) is 6.02. The lowest BCUT2D eigenvalue weighted by Crippen LogP contribution is -2.41. The third-order valence-corrected chi connectivity index (χ3v) is 6.02. The van der Waals surface area contributed by atoms with Gasteiger partial charge in [0.1, 0.15) is 5.69 Å². The molecule has 0 bridgehead atoms. The molecule has 0 N–H and O–H groups in total. The Morgan fingerprint density at radius 3 is 2.59 bits per heavy atom. The number of amides is 2. The molecule has 1 aliphatic carbocycles. The second-order valence-electron chi connectivity index (χ2n) is 8.05. The van der Waals surface area contributed by atoms with Gasteiger partial charge in [-0.15, -0.1) is 0 Å². The fraction of sp³-hybridized carbons (Fsp3) is 0.611. The average molecular weight is 370 g/mol. The Balaban J connectivity index is 1.44. The van der Waals surface area contributed by atoms with Gasteiger partial charge in [-0.2, -0.15) is 10.1 Å². The number of aryl methyl sites for hydroxylation is 2. The van der Waals surface area contributed by atoms with E-state index in [-0.39, 0.29) is 23.7 Å². The van der Waals surface area contributed by atoms with Crippen LogP contribution in [-0.4, -0.2) is 67.7 Å². The number of fused-ring (bicyclic) bond motifs is 1. The number of aromatic nitrogens is 4. The molecule has 3 fully saturated rings. The predicted molar refractivity (Wildman–Crippen MR) is 92.6 cm³/mol. The highest BCUT2D eigenvalue weighted by molar-refractivity contribution is 5.92. The lowest BCUT2D eigenvalue weighted by Gasteiger charge is -2.25. The third kappa shape index (κ3) is 2.55. The van der Waals surface area contributed by atoms with E-state index >= 15 is 0 Å². The van der Waals surface area contributed by atoms with Gasteiger partial charge in [0, 0.05) is 51.3 Å². The highest BCUT2D eigenvalue weighted by atomic mass is 16.5. The molecule has 2 atom stereocenters. The molecule has 2 saturated heterocycles. The molecule has 4 heterocycles. The summed E-state index contributed by atoms with van der Waals surface area (Å²) in [5.41, 5.74) is -0.0590. The molecule has 2 aromatic rings. The fourth-order valence-electron chi connectivity index (χ4n) is 4.47. The maximum absolute atomic E-state index is 12.9. The first-order valence-corrected chi connectivity index (χ1v) is 9.35. The minimum atomic E-state index is -0.490. The van der Waals surface area contributed by atoms with Gasteiger partial charge in [0.05, 0.1) is 5.41 Å². The van der Waals surface area contributed by atoms with Crippen LogP contribution in [0.25, 0.3) is 0 Å². The molecule has 0 unspecified atom stereocenters. The fourth-order valence-corrected chi connectivity index (χ4v) is 4.47. The van der Waals surface area contributed by atoms with Crippen molar-refractivity contribution in [3.05, 3.63) is 29.7 Å². The Morgan fingerprint density at radius 1 is 1.22 bits per heavy atom. The van der Waals surface area contributed by atoms with Crippen LogP contribution in [0.5, 0.6) is 0 Å². The van der Waals surface area contributed by atoms with Crippen LogP contribution in [-0.2, 0) is 17.3 Å². The second-order valence-corrected chi connectivity index (χ2v) is 8.05. The van der Waals surface area contributed by atoms with Crippen molar-refractivity contribution >= 4 is 11.8 Å². The monoisotopic (exact) mass is 370 g/mol. The number of carbonyl (C=O) groups is 2. The topological polar surface area (TPSA) is 97.4 Å². The second kappa shape index (κ2) is 5.64. The zero-order valence-corrected chi connectivity index (χ0v) is 15.5. The molecule has 9 nitrogen and oxygen atoms in total. The lowest BCUT2D eigenvalue weighted by atomic mass is 9.81. The van der Waals surface area contributed by atoms with E-state index in [1.54, 1.807) is 30.9 Å². The molecule has 2 aliphatic heterocycles. The zero-order chi connectivity index (χ0) is 18.8. The number of hydrogen-bond donors (Lipinski definition) is 0. The van der Waals surface area contributed by atoms with Gasteiger partial charge in [-0.25, -0.2) is 0 Å². The molecular formula is C18H22N6O3. The van der Waals surface area contributed by atoms with Crippen molar-refractivity contribution in [3.63, 3.8) is 0 Å². The van der Waals surface area contributed by atoms with Crippen molar-refractivity contribution in [2.24, 2.45) is 18.9 Å². The standard InChI is InChI=1S/C18H22N6O3/c1-11-19-17(27-21-11)18-9-23(15(25)12-3-4-12)7-13(18)8-24(10-18)16(26)14-5-6-22(2)20-14/h5-6,12-13H,3-4,7-10H2,1-2H3/t13-,18-/m1/s1. The van der Waals surface area contributed by atoms with Gasteiger partial charge in [-0.05, 0) is 25.8 Å². The first-order chi connectivity index (χ1) is 13.0. The van der Waals surface area contributed by atoms with Crippen LogP contribution in [0.3, 0.4) is 0 Å². The van der Waals surface area contributed by atoms with Crippen molar-refractivity contribution in [2.45, 2.75) is 25.2 Å². The van der Waals surface area contributed by atoms with E-state index in [2.05, 4.69) is 15.2 Å². The number of hydrogen-bond acceptors (Lipinski definition) is 6. The Morgan fingerprint density at radius 2 is 1.96 bits per heavy atom. The Kier molecular flexibility index (Phi) is 3.44. The number of carbonyl (C=O) groups excluding carboxylic acids is 2. The molecular weight excluding hydrogens is 348 g/mol. The summed E-state index contributed by atoms with van der Waals surface area (Å²) >= 11 is 0. The van der Waals surface area contributed by atoms with Crippen molar-refractivity contribution in [3.8, 4) is 0 Å². The van der Waals surface area contributed by atoms with Crippen LogP contribution in [0.4, 0.5) is 0 Å². The van der Waals surface area contributed by atoms with E-state index in [1.165, 1.54) is 0 Å². The van der Waals surface area contributed by atoms with Crippen LogP contribution in [0, 0.1) is 18.8 Å². The quantitative estimate of drug-likeness (QED) is 0.775. The van der Waals surface area contributed by atoms with E-state index in [1.807, 2.05) is 9.80 Å². The average Bonchev–Trinajstić information content (AvgIpc) is 2.95. The van der Waals surface area contributed by atoms with Gasteiger partial charge in [-0.3, -0.25) is 14.3 Å². The predicted octanol–water partition coefficient (Wildman–Crippen LogP) is 0.374. The molecule has 0 spiro atoms. The largest absolute Gasteiger partial charge is 0.341 e. The van der Waals surface area contributed by atoms with Crippen LogP contribution >= 0.6 is 0 Å². The minimum absolute atomic E-state index is 0.0905. The summed E-state index contributed by atoms with van der Waals surface area (Å²) in [5.74, 6) is 1.50. The molecule has 1 saturated carbocycles. The normalized spacial score (nSPS) is 27.3. The zero-order valence-electron chi connectivity index (χ0n) is 15.5. The van der Waals surface area contributed by atoms with Crippen molar-refractivity contribution < 1.29 is 14.1 Å². The summed E-state index contributed by atoms with van der Waals surface area (Å²) in [6.45, 7) is 3.96. The van der Waals surface area contributed by atoms with E-state index in [9.17, 15) is 9.59 Å². The van der Waals surface area contributed by atoms with Gasteiger partial charge in [0.2, 0.25) is 11.8 Å². The van der Waals surface area contributed by atoms with Crippen molar-refractivity contribution in [1.82, 2.24) is 29.7 Å². The number of likely N-dealkylation sites (tertiary alicyclic amines) is 2. The minimum Gasteiger partial charge on any atom is -0.341 e. The van der Waals surface area contributed by atoms with Gasteiger partial charge >= 0.3 is 0 Å². The molecule has 5 rings (SSSR count). The number of nitrogens with zero attached hydrogens (tertiary/aromatic N) is 6. The highest BCUT2D eigenvalue weighted by Gasteiger charge is 2.59. The van der Waals surface area contributed by atoms with Gasteiger partial charge in [-0.1, -0.05) is 5.16 Å². The van der Waals surface area contributed by atoms with E-state index in [0.717, 1.165) is 12.8 Å². The molecule has 0 aromatic carbocycles. The molecule has 3 aliphatic rings. The van der Waals surface area contributed by atoms with Crippen LogP contribution in [0.15, 0.2) is 16.8 Å². The van der Waals surface area contributed by atoms with Crippen molar-refractivity contribution in [1.29, 1.82) is 0 Å². The smallest absolute Gasteiger partial charge is 0.274 e. The summed E-state index contributed by atoms with van der Waals surface area (Å²) in [6.07, 6.45) is 3.73. The molecule has 0 radical (unpaired) electrons. The van der Waals surface area contributed by atoms with Gasteiger partial charge < -0.3 is 14.3 Å². The number of rotatable bonds is 3. The summed E-state index contributed by atoms with van der Waals surface area (Å²) in [5, 5.41) is 8.19. The Labute approximate surface area is 156 Å². The summed E-state index contributed by atoms with van der Waals surface area (Å²) in [4.78, 5) is 33.8. The van der Waals surface area contributed by atoms with Crippen molar-refractivity contribution in [2.75, 3.05) is 26.2 Å². The summed E-state index contributed by atoms with van der Waals surface area (Å²) < 4.78 is 7.16. The summed E-state index contributed by atoms with van der Waals surface area (Å²) in [7, 11) is 1.79. The molecule has 142 valence electrons. The Hall–Kier alpha value is -2.71. The van der Waals surface area contributed by atoms with Gasteiger partial charge in [0.15, 0.2) is 5.82 Å². The Bertz CT molecular complexity index is 916. The maximum atomic E-state index is 12.9. The van der Waals surface area contributed by atoms with Crippen LogP contribution in [0.1, 0.15) is 35.0 Å². The SMILES string of the molecule is Cc1noc([C@]23CN(C(=O)c4ccn(C)n4)C[C@H]2CN(C(=O)C2CC2)C3)n1. The first kappa shape index (κ1) is 16.5. The maximum Gasteiger partial charge on any atom is 0.274 e. The molecule has 2 amide bonds. The van der Waals surface area contributed by atoms with Crippen LogP contribution in [0.2, 0.25) is 0 Å². The first-order valence-electron chi connectivity index (χ1n) is 9.35. The molecule has 27 heavy (non-hydrogen) atoms. The molecule has 2 aromatic heterocycles. The van der Waals surface area contributed by atoms with E-state index < -0.39 is 5.41 Å². The highest BCUT2D eigenvalue weighted by Crippen LogP contribution is 2.46. The van der Waals surface area contributed by atoms with E-state index in [4.69, 9.17) is 4.52 Å². The van der Waals surface area contributed by atoms with Crippen LogP contribution < -0.4 is 0 Å². The van der Waals surface area contributed by atoms with Gasteiger partial charge in [0.25, 0.3) is 5.91 Å². The molecule has 9 heteroatoms. The lowest BCUT2D eigenvalue weighted by molar-refractivity contribution is -0.131. The summed E-state index contributed by atoms with van der Waals surface area (Å²) in [6, 6.07) is 1.73.